The summed E-state index contributed by atoms with van der Waals surface area (Å²) in [5, 5.41) is 19.5. The largest absolute Gasteiger partial charge is 0.438 e. The molecule has 3 aromatic rings. The molecule has 172 valence electrons. The molecule has 1 fully saturated rings. The molecule has 1 heterocycles. The van der Waals surface area contributed by atoms with Crippen molar-refractivity contribution in [1.82, 2.24) is 4.90 Å². The molecule has 0 saturated carbocycles. The van der Waals surface area contributed by atoms with Crippen LogP contribution in [0.2, 0.25) is 0 Å². The number of halogens is 1. The first-order chi connectivity index (χ1) is 15.9. The Bertz CT molecular complexity index is 1070. The Labute approximate surface area is 193 Å². The molecule has 0 radical (unpaired) electrons. The molecule has 4 rings (SSSR count). The van der Waals surface area contributed by atoms with Crippen molar-refractivity contribution in [3.8, 4) is 11.1 Å². The minimum absolute atomic E-state index is 0.133. The number of hydrogen-bond acceptors (Lipinski definition) is 4. The number of aliphatic hydroxyl groups excluding tert-OH is 2. The molecular formula is C27H28FNO4. The third-order valence-electron chi connectivity index (χ3n) is 6.39. The van der Waals surface area contributed by atoms with Crippen LogP contribution in [0.1, 0.15) is 36.9 Å². The van der Waals surface area contributed by atoms with Gasteiger partial charge in [-0.3, -0.25) is 0 Å². The van der Waals surface area contributed by atoms with E-state index in [-0.39, 0.29) is 18.3 Å². The Morgan fingerprint density at radius 3 is 2.18 bits per heavy atom. The van der Waals surface area contributed by atoms with E-state index in [9.17, 15) is 19.4 Å². The number of rotatable bonds is 7. The van der Waals surface area contributed by atoms with Gasteiger partial charge in [-0.15, -0.1) is 0 Å². The van der Waals surface area contributed by atoms with Crippen LogP contribution in [-0.2, 0) is 10.3 Å². The van der Waals surface area contributed by atoms with Gasteiger partial charge in [-0.25, -0.2) is 9.18 Å². The van der Waals surface area contributed by atoms with Crippen LogP contribution in [-0.4, -0.2) is 40.5 Å². The van der Waals surface area contributed by atoms with Crippen molar-refractivity contribution in [3.05, 3.63) is 95.8 Å². The molecule has 1 saturated heterocycles. The predicted molar refractivity (Wildman–Crippen MR) is 124 cm³/mol. The van der Waals surface area contributed by atoms with Crippen LogP contribution in [0.15, 0.2) is 78.9 Å². The first-order valence-electron chi connectivity index (χ1n) is 11.1. The molecule has 0 bridgehead atoms. The highest BCUT2D eigenvalue weighted by atomic mass is 19.1. The van der Waals surface area contributed by atoms with Crippen molar-refractivity contribution in [2.24, 2.45) is 0 Å². The summed E-state index contributed by atoms with van der Waals surface area (Å²) in [6.45, 7) is 2.01. The maximum atomic E-state index is 13.2. The monoisotopic (exact) mass is 449 g/mol. The van der Waals surface area contributed by atoms with Crippen LogP contribution in [0.3, 0.4) is 0 Å². The summed E-state index contributed by atoms with van der Waals surface area (Å²) in [6.07, 6.45) is -0.808. The molecule has 1 aliphatic heterocycles. The van der Waals surface area contributed by atoms with Gasteiger partial charge < -0.3 is 19.8 Å². The average molecular weight is 450 g/mol. The fourth-order valence-electron chi connectivity index (χ4n) is 4.45. The molecule has 3 aromatic carbocycles. The maximum absolute atomic E-state index is 13.2. The number of carbonyl (C=O) groups is 1. The van der Waals surface area contributed by atoms with Gasteiger partial charge in [0.2, 0.25) is 0 Å². The molecule has 2 N–H and O–H groups in total. The molecule has 0 spiro atoms. The van der Waals surface area contributed by atoms with E-state index in [1.807, 2.05) is 61.5 Å². The van der Waals surface area contributed by atoms with E-state index in [4.69, 9.17) is 4.74 Å². The average Bonchev–Trinajstić information content (AvgIpc) is 2.85. The van der Waals surface area contributed by atoms with Crippen LogP contribution in [0.4, 0.5) is 9.18 Å². The second kappa shape index (κ2) is 9.73. The van der Waals surface area contributed by atoms with Crippen molar-refractivity contribution >= 4 is 6.09 Å². The zero-order valence-corrected chi connectivity index (χ0v) is 18.5. The SMILES string of the molecule is C[C@@H](c1ccc(-c2ccc(F)cc2)cc1)N1CCC(CC(O)CO)(c2ccccc2)OC1=O. The quantitative estimate of drug-likeness (QED) is 0.531. The minimum atomic E-state index is -0.985. The van der Waals surface area contributed by atoms with E-state index in [0.717, 1.165) is 22.3 Å². The molecule has 33 heavy (non-hydrogen) atoms. The Kier molecular flexibility index (Phi) is 6.77. The summed E-state index contributed by atoms with van der Waals surface area (Å²) >= 11 is 0. The number of hydrogen-bond donors (Lipinski definition) is 2. The van der Waals surface area contributed by atoms with Crippen molar-refractivity contribution in [2.75, 3.05) is 13.2 Å². The van der Waals surface area contributed by atoms with E-state index < -0.39 is 24.4 Å². The number of benzene rings is 3. The van der Waals surface area contributed by atoms with E-state index in [0.29, 0.717) is 13.0 Å². The molecule has 1 amide bonds. The van der Waals surface area contributed by atoms with Crippen molar-refractivity contribution in [1.29, 1.82) is 0 Å². The molecule has 5 nitrogen and oxygen atoms in total. The van der Waals surface area contributed by atoms with Gasteiger partial charge in [-0.1, -0.05) is 66.7 Å². The van der Waals surface area contributed by atoms with E-state index in [1.54, 1.807) is 17.0 Å². The van der Waals surface area contributed by atoms with Crippen LogP contribution in [0.25, 0.3) is 11.1 Å². The van der Waals surface area contributed by atoms with E-state index in [2.05, 4.69) is 0 Å². The second-order valence-corrected chi connectivity index (χ2v) is 8.52. The van der Waals surface area contributed by atoms with E-state index in [1.165, 1.54) is 12.1 Å². The lowest BCUT2D eigenvalue weighted by molar-refractivity contribution is -0.0892. The summed E-state index contributed by atoms with van der Waals surface area (Å²) in [6, 6.07) is 23.4. The van der Waals surface area contributed by atoms with Crippen molar-refractivity contribution in [3.63, 3.8) is 0 Å². The molecule has 2 unspecified atom stereocenters. The zero-order chi connectivity index (χ0) is 23.4. The first-order valence-corrected chi connectivity index (χ1v) is 11.1. The molecule has 3 atom stereocenters. The number of aliphatic hydroxyl groups is 2. The summed E-state index contributed by atoms with van der Waals surface area (Å²) in [5.74, 6) is -0.273. The second-order valence-electron chi connectivity index (χ2n) is 8.52. The number of carbonyl (C=O) groups excluding carboxylic acids is 1. The summed E-state index contributed by atoms with van der Waals surface area (Å²) in [7, 11) is 0. The van der Waals surface area contributed by atoms with Crippen LogP contribution in [0.5, 0.6) is 0 Å². The molecular weight excluding hydrogens is 421 g/mol. The highest BCUT2D eigenvalue weighted by Crippen LogP contribution is 2.40. The number of ether oxygens (including phenoxy) is 1. The minimum Gasteiger partial charge on any atom is -0.438 e. The van der Waals surface area contributed by atoms with Gasteiger partial charge in [0.15, 0.2) is 0 Å². The fourth-order valence-corrected chi connectivity index (χ4v) is 4.45. The lowest BCUT2D eigenvalue weighted by Gasteiger charge is -2.44. The van der Waals surface area contributed by atoms with E-state index >= 15 is 0 Å². The van der Waals surface area contributed by atoms with Gasteiger partial charge in [0, 0.05) is 19.4 Å². The Hall–Kier alpha value is -3.22. The number of cyclic esters (lactones) is 1. The number of nitrogens with zero attached hydrogens (tertiary/aromatic N) is 1. The standard InChI is InChI=1S/C27H28FNO4/c1-19(20-7-9-21(10-8-20)22-11-13-24(28)14-12-22)29-16-15-27(33-26(29)32,17-25(31)18-30)23-5-3-2-4-6-23/h2-14,19,25,30-31H,15-18H2,1H3/t19-,25?,27?/m0/s1. The first kappa shape index (κ1) is 23.0. The van der Waals surface area contributed by atoms with Crippen LogP contribution in [0, 0.1) is 5.82 Å². The summed E-state index contributed by atoms with van der Waals surface area (Å²) in [5.41, 5.74) is 2.67. The topological polar surface area (TPSA) is 70.0 Å². The van der Waals surface area contributed by atoms with Crippen LogP contribution >= 0.6 is 0 Å². The van der Waals surface area contributed by atoms with Crippen molar-refractivity contribution < 1.29 is 24.1 Å². The van der Waals surface area contributed by atoms with Gasteiger partial charge >= 0.3 is 6.09 Å². The maximum Gasteiger partial charge on any atom is 0.411 e. The van der Waals surface area contributed by atoms with Gasteiger partial charge in [0.05, 0.1) is 18.8 Å². The Balaban J connectivity index is 1.51. The van der Waals surface area contributed by atoms with Gasteiger partial charge in [0.1, 0.15) is 11.4 Å². The van der Waals surface area contributed by atoms with Crippen LogP contribution < -0.4 is 0 Å². The van der Waals surface area contributed by atoms with Gasteiger partial charge in [-0.2, -0.15) is 0 Å². The zero-order valence-electron chi connectivity index (χ0n) is 18.5. The highest BCUT2D eigenvalue weighted by molar-refractivity contribution is 5.70. The Morgan fingerprint density at radius 2 is 1.61 bits per heavy atom. The molecule has 6 heteroatoms. The number of amides is 1. The normalized spacial score (nSPS) is 20.2. The van der Waals surface area contributed by atoms with Gasteiger partial charge in [-0.05, 0) is 41.3 Å². The molecule has 0 aliphatic carbocycles. The molecule has 0 aromatic heterocycles. The van der Waals surface area contributed by atoms with Gasteiger partial charge in [0.25, 0.3) is 0 Å². The van der Waals surface area contributed by atoms with Crippen molar-refractivity contribution in [2.45, 2.75) is 37.5 Å². The lowest BCUT2D eigenvalue weighted by Crippen LogP contribution is -2.50. The highest BCUT2D eigenvalue weighted by Gasteiger charge is 2.44. The third-order valence-corrected chi connectivity index (χ3v) is 6.39. The summed E-state index contributed by atoms with van der Waals surface area (Å²) in [4.78, 5) is 14.8. The summed E-state index contributed by atoms with van der Waals surface area (Å²) < 4.78 is 19.2. The third kappa shape index (κ3) is 4.92. The smallest absolute Gasteiger partial charge is 0.411 e. The fraction of sp³-hybridized carbons (Fsp3) is 0.296. The Morgan fingerprint density at radius 1 is 1.00 bits per heavy atom. The molecule has 1 aliphatic rings. The predicted octanol–water partition coefficient (Wildman–Crippen LogP) is 5.03. The lowest BCUT2D eigenvalue weighted by atomic mass is 9.83.